The fourth-order valence-electron chi connectivity index (χ4n) is 3.87. The molecule has 1 aromatic carbocycles. The topological polar surface area (TPSA) is 55.6 Å². The van der Waals surface area contributed by atoms with Crippen LogP contribution in [-0.4, -0.2) is 29.7 Å². The second kappa shape index (κ2) is 5.67. The zero-order valence-corrected chi connectivity index (χ0v) is 14.8. The number of fused-ring (bicyclic) bond motifs is 2. The predicted molar refractivity (Wildman–Crippen MR) is 91.7 cm³/mol. The Labute approximate surface area is 142 Å². The van der Waals surface area contributed by atoms with Crippen molar-refractivity contribution in [3.8, 4) is 0 Å². The van der Waals surface area contributed by atoms with E-state index in [0.717, 1.165) is 24.3 Å². The second-order valence-corrected chi connectivity index (χ2v) is 8.23. The lowest BCUT2D eigenvalue weighted by Crippen LogP contribution is -2.46. The molecule has 3 rings (SSSR count). The minimum absolute atomic E-state index is 0.0537. The zero-order chi connectivity index (χ0) is 16.8. The van der Waals surface area contributed by atoms with E-state index in [-0.39, 0.29) is 17.6 Å². The number of piperidine rings is 1. The minimum atomic E-state index is -0.456. The fraction of sp³-hybridized carbons (Fsp3) is 0.611. The van der Waals surface area contributed by atoms with Crippen LogP contribution in [0.5, 0.6) is 0 Å². The third-order valence-corrected chi connectivity index (χ3v) is 5.20. The third-order valence-electron chi connectivity index (χ3n) is 4.97. The Morgan fingerprint density at radius 3 is 2.61 bits per heavy atom. The van der Waals surface area contributed by atoms with E-state index in [1.54, 1.807) is 0 Å². The summed E-state index contributed by atoms with van der Waals surface area (Å²) < 4.78 is 5.48. The van der Waals surface area contributed by atoms with E-state index >= 15 is 0 Å². The number of nitrogens with two attached hydrogens (primary N) is 1. The lowest BCUT2D eigenvalue weighted by molar-refractivity contribution is 0.0162. The standard InChI is InChI=1S/C18H25ClN2O2/c1-17(2,3)23-16(22)21-8-6-18(7-9-21)11-15(20)13-5-4-12(19)10-14(13)18/h4-5,10,15H,6-9,11,20H2,1-3H3. The van der Waals surface area contributed by atoms with Crippen LogP contribution in [0.2, 0.25) is 5.02 Å². The molecule has 0 saturated carbocycles. The first-order chi connectivity index (χ1) is 10.7. The van der Waals surface area contributed by atoms with Crippen LogP contribution in [-0.2, 0) is 10.2 Å². The summed E-state index contributed by atoms with van der Waals surface area (Å²) in [5, 5.41) is 0.756. The number of carbonyl (C=O) groups excluding carboxylic acids is 1. The highest BCUT2D eigenvalue weighted by molar-refractivity contribution is 6.30. The molecule has 1 amide bonds. The van der Waals surface area contributed by atoms with Gasteiger partial charge in [0.05, 0.1) is 0 Å². The van der Waals surface area contributed by atoms with Crippen molar-refractivity contribution in [2.75, 3.05) is 13.1 Å². The Morgan fingerprint density at radius 2 is 2.00 bits per heavy atom. The van der Waals surface area contributed by atoms with Crippen molar-refractivity contribution < 1.29 is 9.53 Å². The van der Waals surface area contributed by atoms with Crippen molar-refractivity contribution in [1.82, 2.24) is 4.90 Å². The molecule has 2 aliphatic rings. The number of hydrogen-bond acceptors (Lipinski definition) is 3. The highest BCUT2D eigenvalue weighted by Crippen LogP contribution is 2.50. The molecule has 2 N–H and O–H groups in total. The van der Waals surface area contributed by atoms with Gasteiger partial charge in [0.15, 0.2) is 0 Å². The van der Waals surface area contributed by atoms with E-state index in [9.17, 15) is 4.79 Å². The Kier molecular flexibility index (Phi) is 4.09. The Bertz CT molecular complexity index is 616. The molecule has 1 aliphatic carbocycles. The van der Waals surface area contributed by atoms with E-state index in [0.29, 0.717) is 13.1 Å². The number of likely N-dealkylation sites (tertiary alicyclic amines) is 1. The van der Waals surface area contributed by atoms with Crippen molar-refractivity contribution in [3.05, 3.63) is 34.3 Å². The molecule has 1 saturated heterocycles. The first-order valence-corrected chi connectivity index (χ1v) is 8.61. The number of nitrogens with zero attached hydrogens (tertiary/aromatic N) is 1. The van der Waals surface area contributed by atoms with Gasteiger partial charge in [-0.25, -0.2) is 4.79 Å². The summed E-state index contributed by atoms with van der Waals surface area (Å²) >= 11 is 6.20. The van der Waals surface area contributed by atoms with Gasteiger partial charge in [0.1, 0.15) is 5.60 Å². The Morgan fingerprint density at radius 1 is 1.35 bits per heavy atom. The van der Waals surface area contributed by atoms with Gasteiger partial charge in [0, 0.05) is 29.6 Å². The van der Waals surface area contributed by atoms with Gasteiger partial charge in [-0.3, -0.25) is 0 Å². The third kappa shape index (κ3) is 3.20. The van der Waals surface area contributed by atoms with Gasteiger partial charge >= 0.3 is 6.09 Å². The lowest BCUT2D eigenvalue weighted by Gasteiger charge is -2.40. The van der Waals surface area contributed by atoms with Crippen molar-refractivity contribution >= 4 is 17.7 Å². The molecule has 1 aliphatic heterocycles. The summed E-state index contributed by atoms with van der Waals surface area (Å²) in [6.07, 6.45) is 2.53. The molecule has 4 nitrogen and oxygen atoms in total. The molecular weight excluding hydrogens is 312 g/mol. The first-order valence-electron chi connectivity index (χ1n) is 8.24. The van der Waals surface area contributed by atoms with Crippen molar-refractivity contribution in [3.63, 3.8) is 0 Å². The average Bonchev–Trinajstić information content (AvgIpc) is 2.70. The van der Waals surface area contributed by atoms with Crippen molar-refractivity contribution in [2.24, 2.45) is 5.73 Å². The van der Waals surface area contributed by atoms with E-state index in [2.05, 4.69) is 12.1 Å². The molecule has 1 spiro atoms. The SMILES string of the molecule is CC(C)(C)OC(=O)N1CCC2(CC1)CC(N)c1ccc(Cl)cc12. The smallest absolute Gasteiger partial charge is 0.410 e. The number of rotatable bonds is 0. The maximum atomic E-state index is 12.2. The number of ether oxygens (including phenoxy) is 1. The molecule has 126 valence electrons. The van der Waals surface area contributed by atoms with Gasteiger partial charge in [0.2, 0.25) is 0 Å². The Balaban J connectivity index is 1.75. The van der Waals surface area contributed by atoms with E-state index < -0.39 is 5.60 Å². The van der Waals surface area contributed by atoms with Crippen LogP contribution in [0.4, 0.5) is 4.79 Å². The number of amides is 1. The predicted octanol–water partition coefficient (Wildman–Crippen LogP) is 4.01. The van der Waals surface area contributed by atoms with Crippen LogP contribution in [0.15, 0.2) is 18.2 Å². The summed E-state index contributed by atoms with van der Waals surface area (Å²) in [6, 6.07) is 6.09. The first kappa shape index (κ1) is 16.6. The summed E-state index contributed by atoms with van der Waals surface area (Å²) in [5.41, 5.74) is 8.42. The largest absolute Gasteiger partial charge is 0.444 e. The Hall–Kier alpha value is -1.26. The van der Waals surface area contributed by atoms with E-state index in [1.165, 1.54) is 11.1 Å². The monoisotopic (exact) mass is 336 g/mol. The van der Waals surface area contributed by atoms with Crippen LogP contribution < -0.4 is 5.73 Å². The normalized spacial score (nSPS) is 23.0. The molecule has 5 heteroatoms. The molecule has 0 radical (unpaired) electrons. The van der Waals surface area contributed by atoms with Gasteiger partial charge in [-0.15, -0.1) is 0 Å². The maximum absolute atomic E-state index is 12.2. The van der Waals surface area contributed by atoms with Gasteiger partial charge in [-0.2, -0.15) is 0 Å². The number of halogens is 1. The molecule has 1 fully saturated rings. The second-order valence-electron chi connectivity index (χ2n) is 7.79. The molecule has 0 aromatic heterocycles. The summed E-state index contributed by atoms with van der Waals surface area (Å²) in [6.45, 7) is 7.08. The zero-order valence-electron chi connectivity index (χ0n) is 14.1. The van der Waals surface area contributed by atoms with Crippen molar-refractivity contribution in [1.29, 1.82) is 0 Å². The average molecular weight is 337 g/mol. The van der Waals surface area contributed by atoms with Crippen LogP contribution in [0.3, 0.4) is 0 Å². The van der Waals surface area contributed by atoms with Crippen LogP contribution >= 0.6 is 11.6 Å². The van der Waals surface area contributed by atoms with E-state index in [1.807, 2.05) is 31.7 Å². The summed E-state index contributed by atoms with van der Waals surface area (Å²) in [5.74, 6) is 0. The molecule has 1 unspecified atom stereocenters. The molecule has 1 atom stereocenters. The molecule has 0 bridgehead atoms. The summed E-state index contributed by atoms with van der Waals surface area (Å²) in [4.78, 5) is 14.0. The molecular formula is C18H25ClN2O2. The summed E-state index contributed by atoms with van der Waals surface area (Å²) in [7, 11) is 0. The minimum Gasteiger partial charge on any atom is -0.444 e. The van der Waals surface area contributed by atoms with Crippen LogP contribution in [0.25, 0.3) is 0 Å². The fourth-order valence-corrected chi connectivity index (χ4v) is 4.04. The van der Waals surface area contributed by atoms with Crippen LogP contribution in [0.1, 0.15) is 57.2 Å². The van der Waals surface area contributed by atoms with Crippen LogP contribution in [0, 0.1) is 0 Å². The highest BCUT2D eigenvalue weighted by atomic mass is 35.5. The van der Waals surface area contributed by atoms with E-state index in [4.69, 9.17) is 22.1 Å². The molecule has 1 aromatic rings. The van der Waals surface area contributed by atoms with Gasteiger partial charge in [-0.05, 0) is 63.3 Å². The van der Waals surface area contributed by atoms with Gasteiger partial charge in [-0.1, -0.05) is 17.7 Å². The number of hydrogen-bond donors (Lipinski definition) is 1. The van der Waals surface area contributed by atoms with Crippen molar-refractivity contribution in [2.45, 2.75) is 57.1 Å². The van der Waals surface area contributed by atoms with Gasteiger partial charge < -0.3 is 15.4 Å². The maximum Gasteiger partial charge on any atom is 0.410 e. The number of benzene rings is 1. The highest BCUT2D eigenvalue weighted by Gasteiger charge is 2.45. The molecule has 1 heterocycles. The lowest BCUT2D eigenvalue weighted by atomic mass is 9.74. The quantitative estimate of drug-likeness (QED) is 0.778. The molecule has 23 heavy (non-hydrogen) atoms. The number of carbonyl (C=O) groups is 1. The van der Waals surface area contributed by atoms with Gasteiger partial charge in [0.25, 0.3) is 0 Å².